The first-order valence-corrected chi connectivity index (χ1v) is 7.08. The van der Waals surface area contributed by atoms with Crippen LogP contribution in [0.15, 0.2) is 4.99 Å². The molecular formula is C9H18N2S2. The van der Waals surface area contributed by atoms with Crippen LogP contribution in [0, 0.1) is 0 Å². The normalized spacial score (nSPS) is 21.7. The van der Waals surface area contributed by atoms with Crippen LogP contribution in [0.25, 0.3) is 0 Å². The fourth-order valence-corrected chi connectivity index (χ4v) is 2.71. The van der Waals surface area contributed by atoms with Crippen molar-refractivity contribution < 1.29 is 0 Å². The zero-order valence-corrected chi connectivity index (χ0v) is 10.0. The molecule has 4 heteroatoms. The average Bonchev–Trinajstić information content (AvgIpc) is 2.54. The zero-order valence-electron chi connectivity index (χ0n) is 8.38. The van der Waals surface area contributed by atoms with Crippen molar-refractivity contribution in [2.45, 2.75) is 25.0 Å². The lowest BCUT2D eigenvalue weighted by Gasteiger charge is -2.06. The summed E-state index contributed by atoms with van der Waals surface area (Å²) in [6.07, 6.45) is 4.69. The molecule has 0 aliphatic carbocycles. The van der Waals surface area contributed by atoms with Crippen molar-refractivity contribution >= 4 is 28.7 Å². The molecule has 1 aliphatic heterocycles. The Kier molecular flexibility index (Phi) is 5.71. The summed E-state index contributed by atoms with van der Waals surface area (Å²) in [7, 11) is 0. The number of aliphatic imine (C=N–C) groups is 1. The summed E-state index contributed by atoms with van der Waals surface area (Å²) in [6.45, 7) is 4.30. The number of thioether (sulfide) groups is 2. The van der Waals surface area contributed by atoms with E-state index >= 15 is 0 Å². The van der Waals surface area contributed by atoms with Gasteiger partial charge in [-0.05, 0) is 12.7 Å². The van der Waals surface area contributed by atoms with Gasteiger partial charge in [0.15, 0.2) is 5.17 Å². The van der Waals surface area contributed by atoms with Crippen molar-refractivity contribution in [1.82, 2.24) is 5.32 Å². The first-order chi connectivity index (χ1) is 6.36. The molecule has 0 saturated carbocycles. The summed E-state index contributed by atoms with van der Waals surface area (Å²) in [5, 5.41) is 5.26. The van der Waals surface area contributed by atoms with Crippen LogP contribution in [-0.4, -0.2) is 35.5 Å². The molecule has 2 nitrogen and oxygen atoms in total. The van der Waals surface area contributed by atoms with Gasteiger partial charge in [0.2, 0.25) is 0 Å². The van der Waals surface area contributed by atoms with Gasteiger partial charge in [0, 0.05) is 17.5 Å². The Hall–Kier alpha value is 0.170. The van der Waals surface area contributed by atoms with Gasteiger partial charge in [-0.2, -0.15) is 11.8 Å². The predicted octanol–water partition coefficient (Wildman–Crippen LogP) is 2.21. The summed E-state index contributed by atoms with van der Waals surface area (Å²) in [4.78, 5) is 4.47. The summed E-state index contributed by atoms with van der Waals surface area (Å²) in [6, 6.07) is 0. The number of rotatable bonds is 5. The third kappa shape index (κ3) is 4.27. The molecule has 13 heavy (non-hydrogen) atoms. The van der Waals surface area contributed by atoms with Gasteiger partial charge >= 0.3 is 0 Å². The smallest absolute Gasteiger partial charge is 0.156 e. The molecule has 0 fully saturated rings. The molecule has 0 aromatic heterocycles. The van der Waals surface area contributed by atoms with Crippen LogP contribution < -0.4 is 5.32 Å². The highest BCUT2D eigenvalue weighted by atomic mass is 32.2. The third-order valence-electron chi connectivity index (χ3n) is 1.91. The van der Waals surface area contributed by atoms with Gasteiger partial charge in [0.25, 0.3) is 0 Å². The van der Waals surface area contributed by atoms with Crippen LogP contribution in [0.1, 0.15) is 19.8 Å². The average molecular weight is 218 g/mol. The minimum atomic E-state index is 0.738. The number of nitrogens with zero attached hydrogens (tertiary/aromatic N) is 1. The van der Waals surface area contributed by atoms with Crippen LogP contribution in [0.3, 0.4) is 0 Å². The van der Waals surface area contributed by atoms with Crippen molar-refractivity contribution in [3.8, 4) is 0 Å². The van der Waals surface area contributed by atoms with Crippen molar-refractivity contribution in [3.05, 3.63) is 0 Å². The minimum absolute atomic E-state index is 0.738. The van der Waals surface area contributed by atoms with Crippen molar-refractivity contribution in [2.75, 3.05) is 25.1 Å². The monoisotopic (exact) mass is 218 g/mol. The van der Waals surface area contributed by atoms with Crippen molar-refractivity contribution in [1.29, 1.82) is 0 Å². The first kappa shape index (κ1) is 11.2. The molecule has 0 aromatic rings. The Bertz CT molecular complexity index is 171. The molecule has 1 unspecified atom stereocenters. The summed E-state index contributed by atoms with van der Waals surface area (Å²) >= 11 is 3.78. The van der Waals surface area contributed by atoms with E-state index in [2.05, 4.69) is 23.5 Å². The van der Waals surface area contributed by atoms with E-state index in [-0.39, 0.29) is 0 Å². The minimum Gasteiger partial charge on any atom is -0.364 e. The van der Waals surface area contributed by atoms with Gasteiger partial charge in [0.1, 0.15) is 0 Å². The molecule has 1 rings (SSSR count). The maximum absolute atomic E-state index is 4.47. The number of nitrogens with one attached hydrogen (secondary N) is 1. The second-order valence-corrected chi connectivity index (χ2v) is 5.37. The molecule has 0 saturated heterocycles. The fourth-order valence-electron chi connectivity index (χ4n) is 1.25. The SMILES string of the molecule is CCCC1CN=C(NCCSC)S1. The van der Waals surface area contributed by atoms with Gasteiger partial charge in [-0.3, -0.25) is 4.99 Å². The number of hydrogen-bond acceptors (Lipinski definition) is 4. The Labute approximate surface area is 89.3 Å². The third-order valence-corrected chi connectivity index (χ3v) is 3.74. The summed E-state index contributed by atoms with van der Waals surface area (Å²) in [5.41, 5.74) is 0. The van der Waals surface area contributed by atoms with E-state index in [1.165, 1.54) is 12.8 Å². The van der Waals surface area contributed by atoms with Crippen molar-refractivity contribution in [2.24, 2.45) is 4.99 Å². The van der Waals surface area contributed by atoms with Gasteiger partial charge in [-0.25, -0.2) is 0 Å². The lowest BCUT2D eigenvalue weighted by Crippen LogP contribution is -2.22. The lowest BCUT2D eigenvalue weighted by atomic mass is 10.2. The van der Waals surface area contributed by atoms with Crippen LogP contribution in [0.5, 0.6) is 0 Å². The standard InChI is InChI=1S/C9H18N2S2/c1-3-4-8-7-11-9(13-8)10-5-6-12-2/h8H,3-7H2,1-2H3,(H,10,11). The summed E-state index contributed by atoms with van der Waals surface area (Å²) < 4.78 is 0. The van der Waals surface area contributed by atoms with E-state index in [4.69, 9.17) is 0 Å². The Morgan fingerprint density at radius 2 is 2.54 bits per heavy atom. The molecule has 0 bridgehead atoms. The highest BCUT2D eigenvalue weighted by molar-refractivity contribution is 8.14. The molecule has 76 valence electrons. The second-order valence-electron chi connectivity index (χ2n) is 3.09. The van der Waals surface area contributed by atoms with Gasteiger partial charge in [0.05, 0.1) is 6.54 Å². The molecule has 0 radical (unpaired) electrons. The Morgan fingerprint density at radius 3 is 3.23 bits per heavy atom. The highest BCUT2D eigenvalue weighted by Gasteiger charge is 2.17. The lowest BCUT2D eigenvalue weighted by molar-refractivity contribution is 0.754. The van der Waals surface area contributed by atoms with E-state index in [9.17, 15) is 0 Å². The molecule has 1 atom stereocenters. The molecule has 1 N–H and O–H groups in total. The van der Waals surface area contributed by atoms with Crippen LogP contribution in [-0.2, 0) is 0 Å². The van der Waals surface area contributed by atoms with E-state index < -0.39 is 0 Å². The van der Waals surface area contributed by atoms with Gasteiger partial charge in [-0.1, -0.05) is 25.1 Å². The Morgan fingerprint density at radius 1 is 1.69 bits per heavy atom. The zero-order chi connectivity index (χ0) is 9.52. The fraction of sp³-hybridized carbons (Fsp3) is 0.889. The molecular weight excluding hydrogens is 200 g/mol. The molecule has 0 spiro atoms. The number of amidine groups is 1. The molecule has 1 heterocycles. The first-order valence-electron chi connectivity index (χ1n) is 4.80. The van der Waals surface area contributed by atoms with Crippen LogP contribution >= 0.6 is 23.5 Å². The Balaban J connectivity index is 2.09. The quantitative estimate of drug-likeness (QED) is 0.716. The van der Waals surface area contributed by atoms with E-state index in [1.54, 1.807) is 0 Å². The van der Waals surface area contributed by atoms with Crippen LogP contribution in [0.2, 0.25) is 0 Å². The topological polar surface area (TPSA) is 24.4 Å². The van der Waals surface area contributed by atoms with Crippen LogP contribution in [0.4, 0.5) is 0 Å². The molecule has 0 aromatic carbocycles. The molecule has 0 amide bonds. The van der Waals surface area contributed by atoms with Gasteiger partial charge < -0.3 is 5.32 Å². The number of hydrogen-bond donors (Lipinski definition) is 1. The van der Waals surface area contributed by atoms with E-state index in [0.29, 0.717) is 0 Å². The van der Waals surface area contributed by atoms with Gasteiger partial charge in [-0.15, -0.1) is 0 Å². The maximum atomic E-state index is 4.47. The predicted molar refractivity (Wildman–Crippen MR) is 65.0 cm³/mol. The molecule has 1 aliphatic rings. The van der Waals surface area contributed by atoms with E-state index in [0.717, 1.165) is 29.3 Å². The largest absolute Gasteiger partial charge is 0.364 e. The highest BCUT2D eigenvalue weighted by Crippen LogP contribution is 2.23. The summed E-state index contributed by atoms with van der Waals surface area (Å²) in [5.74, 6) is 1.16. The maximum Gasteiger partial charge on any atom is 0.156 e. The van der Waals surface area contributed by atoms with Crippen molar-refractivity contribution in [3.63, 3.8) is 0 Å². The second kappa shape index (κ2) is 6.60. The van der Waals surface area contributed by atoms with E-state index in [1.807, 2.05) is 23.5 Å².